The molecule has 0 aliphatic carbocycles. The monoisotopic (exact) mass is 407 g/mol. The lowest BCUT2D eigenvalue weighted by Gasteiger charge is -2.16. The number of esters is 1. The molecule has 0 amide bonds. The van der Waals surface area contributed by atoms with E-state index in [1.165, 1.54) is 41.7 Å². The highest BCUT2D eigenvalue weighted by atomic mass is 32.2. The van der Waals surface area contributed by atoms with E-state index in [2.05, 4.69) is 0 Å². The fourth-order valence-electron chi connectivity index (χ4n) is 2.88. The summed E-state index contributed by atoms with van der Waals surface area (Å²) in [4.78, 5) is 24.4. The Hall–Kier alpha value is -2.94. The number of ether oxygens (including phenoxy) is 2. The molecular formula is C19H18FNO6S. The number of hydrogen-bond acceptors (Lipinski definition) is 6. The van der Waals surface area contributed by atoms with Crippen LogP contribution >= 0.6 is 0 Å². The number of benzene rings is 2. The van der Waals surface area contributed by atoms with Crippen LogP contribution in [0.4, 0.5) is 10.1 Å². The number of nitrogens with zero attached hydrogens (tertiary/aromatic N) is 1. The van der Waals surface area contributed by atoms with Gasteiger partial charge in [0.1, 0.15) is 11.6 Å². The van der Waals surface area contributed by atoms with Crippen molar-refractivity contribution >= 4 is 27.5 Å². The topological polar surface area (TPSA) is 90.0 Å². The van der Waals surface area contributed by atoms with Gasteiger partial charge in [-0.25, -0.2) is 17.6 Å². The first-order valence-corrected chi connectivity index (χ1v) is 10.1. The number of methoxy groups -OCH3 is 1. The van der Waals surface area contributed by atoms with Gasteiger partial charge in [0, 0.05) is 6.54 Å². The summed E-state index contributed by atoms with van der Waals surface area (Å²) in [7, 11) is -1.96. The summed E-state index contributed by atoms with van der Waals surface area (Å²) in [5.41, 5.74) is 0.610. The number of Topliss-reactive ketones (excluding diaryl/α,β-unsaturated/α-hetero) is 1. The molecule has 0 bridgehead atoms. The van der Waals surface area contributed by atoms with E-state index in [9.17, 15) is 22.4 Å². The van der Waals surface area contributed by atoms with Crippen molar-refractivity contribution in [3.05, 3.63) is 59.4 Å². The first-order valence-electron chi connectivity index (χ1n) is 8.46. The zero-order valence-electron chi connectivity index (χ0n) is 15.1. The molecule has 2 aromatic carbocycles. The minimum absolute atomic E-state index is 0.0233. The van der Waals surface area contributed by atoms with Crippen LogP contribution in [0.1, 0.15) is 27.1 Å². The van der Waals surface area contributed by atoms with Gasteiger partial charge in [0.25, 0.3) is 0 Å². The summed E-state index contributed by atoms with van der Waals surface area (Å²) < 4.78 is 48.5. The van der Waals surface area contributed by atoms with Crippen LogP contribution in [-0.2, 0) is 14.8 Å². The van der Waals surface area contributed by atoms with Crippen LogP contribution in [0.3, 0.4) is 0 Å². The Morgan fingerprint density at radius 1 is 1.14 bits per heavy atom. The van der Waals surface area contributed by atoms with Crippen molar-refractivity contribution < 1.29 is 31.9 Å². The first-order chi connectivity index (χ1) is 13.3. The Bertz CT molecular complexity index is 1000. The van der Waals surface area contributed by atoms with E-state index in [4.69, 9.17) is 9.47 Å². The average molecular weight is 407 g/mol. The van der Waals surface area contributed by atoms with E-state index < -0.39 is 34.2 Å². The predicted molar refractivity (Wildman–Crippen MR) is 99.8 cm³/mol. The Labute approximate surface area is 161 Å². The number of ketones is 1. The van der Waals surface area contributed by atoms with Crippen molar-refractivity contribution in [2.24, 2.45) is 0 Å². The lowest BCUT2D eigenvalue weighted by atomic mass is 10.1. The molecule has 0 spiro atoms. The number of rotatable bonds is 6. The van der Waals surface area contributed by atoms with E-state index in [0.29, 0.717) is 18.7 Å². The third-order valence-electron chi connectivity index (χ3n) is 4.29. The molecule has 1 aliphatic rings. The minimum Gasteiger partial charge on any atom is -0.496 e. The number of sulfonamides is 1. The van der Waals surface area contributed by atoms with E-state index in [-0.39, 0.29) is 22.6 Å². The quantitative estimate of drug-likeness (QED) is 0.540. The predicted octanol–water partition coefficient (Wildman–Crippen LogP) is 2.41. The van der Waals surface area contributed by atoms with Gasteiger partial charge in [-0.15, -0.1) is 0 Å². The summed E-state index contributed by atoms with van der Waals surface area (Å²) in [5.74, 6) is -1.69. The second-order valence-electron chi connectivity index (χ2n) is 6.13. The van der Waals surface area contributed by atoms with Gasteiger partial charge in [0.15, 0.2) is 6.61 Å². The normalized spacial score (nSPS) is 15.3. The fourth-order valence-corrected chi connectivity index (χ4v) is 4.45. The SMILES string of the molecule is COc1ccc(F)cc1C(=O)COC(=O)c1ccc(N2CCCS2(=O)=O)cc1. The van der Waals surface area contributed by atoms with E-state index in [1.807, 2.05) is 0 Å². The third-order valence-corrected chi connectivity index (χ3v) is 6.16. The van der Waals surface area contributed by atoms with E-state index >= 15 is 0 Å². The van der Waals surface area contributed by atoms with Crippen molar-refractivity contribution in [1.82, 2.24) is 0 Å². The highest BCUT2D eigenvalue weighted by Gasteiger charge is 2.28. The molecule has 0 aromatic heterocycles. The molecule has 0 unspecified atom stereocenters. The number of anilines is 1. The maximum absolute atomic E-state index is 13.4. The second-order valence-corrected chi connectivity index (χ2v) is 8.15. The molecule has 1 fully saturated rings. The van der Waals surface area contributed by atoms with Gasteiger partial charge in [-0.2, -0.15) is 0 Å². The van der Waals surface area contributed by atoms with Crippen molar-refractivity contribution in [2.45, 2.75) is 6.42 Å². The highest BCUT2D eigenvalue weighted by Crippen LogP contribution is 2.24. The molecule has 2 aromatic rings. The van der Waals surface area contributed by atoms with Crippen LogP contribution in [0, 0.1) is 5.82 Å². The molecule has 28 heavy (non-hydrogen) atoms. The van der Waals surface area contributed by atoms with E-state index in [0.717, 1.165) is 12.1 Å². The van der Waals surface area contributed by atoms with Crippen molar-refractivity contribution in [2.75, 3.05) is 30.3 Å². The summed E-state index contributed by atoms with van der Waals surface area (Å²) in [6.07, 6.45) is 0.553. The van der Waals surface area contributed by atoms with Crippen LogP contribution in [0.15, 0.2) is 42.5 Å². The van der Waals surface area contributed by atoms with Crippen LogP contribution in [0.2, 0.25) is 0 Å². The van der Waals surface area contributed by atoms with Gasteiger partial charge in [0.05, 0.1) is 29.7 Å². The maximum atomic E-state index is 13.4. The van der Waals surface area contributed by atoms with Gasteiger partial charge in [-0.1, -0.05) is 0 Å². The number of hydrogen-bond donors (Lipinski definition) is 0. The highest BCUT2D eigenvalue weighted by molar-refractivity contribution is 7.93. The van der Waals surface area contributed by atoms with Gasteiger partial charge >= 0.3 is 5.97 Å². The van der Waals surface area contributed by atoms with Gasteiger partial charge in [-0.05, 0) is 48.9 Å². The summed E-state index contributed by atoms with van der Waals surface area (Å²) >= 11 is 0. The van der Waals surface area contributed by atoms with E-state index in [1.54, 1.807) is 0 Å². The number of carbonyl (C=O) groups is 2. The van der Waals surface area contributed by atoms with Crippen molar-refractivity contribution in [3.8, 4) is 5.75 Å². The molecule has 148 valence electrons. The molecule has 0 N–H and O–H groups in total. The number of halogens is 1. The van der Waals surface area contributed by atoms with Crippen LogP contribution < -0.4 is 9.04 Å². The standard InChI is InChI=1S/C19H18FNO6S/c1-26-18-8-5-14(20)11-16(18)17(22)12-27-19(23)13-3-6-15(7-4-13)21-9-2-10-28(21,24)25/h3-8,11H,2,9-10,12H2,1H3. The second kappa shape index (κ2) is 7.97. The van der Waals surface area contributed by atoms with Crippen molar-refractivity contribution in [1.29, 1.82) is 0 Å². The summed E-state index contributed by atoms with van der Waals surface area (Å²) in [6, 6.07) is 9.37. The molecule has 3 rings (SSSR count). The summed E-state index contributed by atoms with van der Waals surface area (Å²) in [6.45, 7) is -0.184. The molecule has 9 heteroatoms. The molecule has 7 nitrogen and oxygen atoms in total. The Kier molecular flexibility index (Phi) is 5.64. The summed E-state index contributed by atoms with van der Waals surface area (Å²) in [5, 5.41) is 0. The zero-order chi connectivity index (χ0) is 20.3. The lowest BCUT2D eigenvalue weighted by molar-refractivity contribution is 0.0474. The molecular weight excluding hydrogens is 389 g/mol. The van der Waals surface area contributed by atoms with Crippen LogP contribution in [-0.4, -0.2) is 46.2 Å². The zero-order valence-corrected chi connectivity index (χ0v) is 15.9. The Balaban J connectivity index is 1.65. The Morgan fingerprint density at radius 3 is 2.46 bits per heavy atom. The van der Waals surface area contributed by atoms with Crippen LogP contribution in [0.5, 0.6) is 5.75 Å². The largest absolute Gasteiger partial charge is 0.496 e. The molecule has 0 atom stereocenters. The van der Waals surface area contributed by atoms with Gasteiger partial charge in [-0.3, -0.25) is 9.10 Å². The van der Waals surface area contributed by atoms with Crippen molar-refractivity contribution in [3.63, 3.8) is 0 Å². The smallest absolute Gasteiger partial charge is 0.338 e. The molecule has 1 saturated heterocycles. The van der Waals surface area contributed by atoms with Gasteiger partial charge < -0.3 is 9.47 Å². The molecule has 1 heterocycles. The molecule has 0 saturated carbocycles. The average Bonchev–Trinajstić information content (AvgIpc) is 3.05. The maximum Gasteiger partial charge on any atom is 0.338 e. The van der Waals surface area contributed by atoms with Crippen LogP contribution in [0.25, 0.3) is 0 Å². The third kappa shape index (κ3) is 4.14. The minimum atomic E-state index is -3.31. The molecule has 0 radical (unpaired) electrons. The fraction of sp³-hybridized carbons (Fsp3) is 0.263. The lowest BCUT2D eigenvalue weighted by Crippen LogP contribution is -2.25. The van der Waals surface area contributed by atoms with Gasteiger partial charge in [0.2, 0.25) is 15.8 Å². The Morgan fingerprint density at radius 2 is 1.86 bits per heavy atom. The molecule has 1 aliphatic heterocycles. The number of carbonyl (C=O) groups excluding carboxylic acids is 2. The first kappa shape index (κ1) is 19.8.